The maximum Gasteiger partial charge on any atom is 0.253 e. The molecule has 0 fully saturated rings. The van der Waals surface area contributed by atoms with E-state index >= 15 is 0 Å². The molecule has 0 heterocycles. The van der Waals surface area contributed by atoms with Gasteiger partial charge in [0.25, 0.3) is 5.91 Å². The molecule has 24 heavy (non-hydrogen) atoms. The van der Waals surface area contributed by atoms with Gasteiger partial charge in [0.1, 0.15) is 0 Å². The van der Waals surface area contributed by atoms with Crippen LogP contribution in [-0.2, 0) is 11.2 Å². The number of carbonyl (C=O) groups is 2. The van der Waals surface area contributed by atoms with Crippen molar-refractivity contribution in [1.82, 2.24) is 10.2 Å². The van der Waals surface area contributed by atoms with Crippen molar-refractivity contribution in [2.45, 2.75) is 38.5 Å². The highest BCUT2D eigenvalue weighted by Crippen LogP contribution is 2.08. The minimum absolute atomic E-state index is 0. The van der Waals surface area contributed by atoms with Crippen LogP contribution in [0, 0.1) is 0 Å². The first-order chi connectivity index (χ1) is 11.0. The zero-order valence-corrected chi connectivity index (χ0v) is 15.5. The largest absolute Gasteiger partial charge is 0.356 e. The van der Waals surface area contributed by atoms with Crippen molar-refractivity contribution in [1.29, 1.82) is 0 Å². The summed E-state index contributed by atoms with van der Waals surface area (Å²) in [5.41, 5.74) is 7.17. The van der Waals surface area contributed by atoms with Gasteiger partial charge in [-0.1, -0.05) is 25.0 Å². The van der Waals surface area contributed by atoms with Crippen LogP contribution in [0.2, 0.25) is 0 Å². The Morgan fingerprint density at radius 1 is 1.12 bits per heavy atom. The van der Waals surface area contributed by atoms with Crippen LogP contribution >= 0.6 is 12.4 Å². The summed E-state index contributed by atoms with van der Waals surface area (Å²) in [5, 5.41) is 2.93. The molecule has 0 aliphatic heterocycles. The Morgan fingerprint density at radius 3 is 2.50 bits per heavy atom. The summed E-state index contributed by atoms with van der Waals surface area (Å²) in [5.74, 6) is 0.0895. The first-order valence-corrected chi connectivity index (χ1v) is 8.32. The molecule has 0 saturated heterocycles. The summed E-state index contributed by atoms with van der Waals surface area (Å²) in [6, 6.07) is 7.56. The minimum atomic E-state index is -0.00614. The average molecular weight is 356 g/mol. The maximum atomic E-state index is 11.9. The Labute approximate surface area is 151 Å². The topological polar surface area (TPSA) is 75.4 Å². The Bertz CT molecular complexity index is 507. The molecule has 0 bridgehead atoms. The molecule has 0 aliphatic rings. The van der Waals surface area contributed by atoms with E-state index in [0.717, 1.165) is 44.2 Å². The van der Waals surface area contributed by atoms with Crippen molar-refractivity contribution in [3.8, 4) is 0 Å². The van der Waals surface area contributed by atoms with Crippen LogP contribution in [0.15, 0.2) is 24.3 Å². The van der Waals surface area contributed by atoms with Crippen LogP contribution in [0.4, 0.5) is 0 Å². The molecule has 136 valence electrons. The highest BCUT2D eigenvalue weighted by atomic mass is 35.5. The lowest BCUT2D eigenvalue weighted by atomic mass is 10.1. The number of hydrogen-bond acceptors (Lipinski definition) is 3. The molecular formula is C18H30ClN3O2. The van der Waals surface area contributed by atoms with E-state index in [-0.39, 0.29) is 24.2 Å². The van der Waals surface area contributed by atoms with Gasteiger partial charge in [0.2, 0.25) is 5.91 Å². The van der Waals surface area contributed by atoms with Gasteiger partial charge in [-0.15, -0.1) is 12.4 Å². The lowest BCUT2D eigenvalue weighted by molar-refractivity contribution is -0.121. The van der Waals surface area contributed by atoms with Gasteiger partial charge in [0.05, 0.1) is 0 Å². The van der Waals surface area contributed by atoms with E-state index in [0.29, 0.717) is 18.5 Å². The first kappa shape index (κ1) is 22.4. The van der Waals surface area contributed by atoms with Crippen LogP contribution in [0.5, 0.6) is 0 Å². The van der Waals surface area contributed by atoms with E-state index in [1.165, 1.54) is 0 Å². The third-order valence-electron chi connectivity index (χ3n) is 3.67. The molecule has 1 aromatic rings. The second-order valence-corrected chi connectivity index (χ2v) is 5.95. The van der Waals surface area contributed by atoms with Crippen LogP contribution in [-0.4, -0.2) is 43.9 Å². The van der Waals surface area contributed by atoms with Crippen molar-refractivity contribution in [2.24, 2.45) is 5.73 Å². The van der Waals surface area contributed by atoms with Crippen molar-refractivity contribution < 1.29 is 9.59 Å². The molecular weight excluding hydrogens is 326 g/mol. The molecule has 1 rings (SSSR count). The van der Waals surface area contributed by atoms with Crippen LogP contribution in [0.3, 0.4) is 0 Å². The monoisotopic (exact) mass is 355 g/mol. The highest BCUT2D eigenvalue weighted by Gasteiger charge is 2.08. The molecule has 0 saturated carbocycles. The van der Waals surface area contributed by atoms with Crippen molar-refractivity contribution >= 4 is 24.2 Å². The number of rotatable bonds is 10. The molecule has 5 nitrogen and oxygen atoms in total. The van der Waals surface area contributed by atoms with Gasteiger partial charge in [0.15, 0.2) is 0 Å². The fourth-order valence-corrected chi connectivity index (χ4v) is 2.34. The number of unbranched alkanes of at least 4 members (excludes halogenated alkanes) is 3. The lowest BCUT2D eigenvalue weighted by Crippen LogP contribution is -2.25. The number of hydrogen-bond donors (Lipinski definition) is 2. The summed E-state index contributed by atoms with van der Waals surface area (Å²) in [7, 11) is 3.48. The van der Waals surface area contributed by atoms with Crippen molar-refractivity contribution in [3.05, 3.63) is 35.4 Å². The predicted molar refractivity (Wildman–Crippen MR) is 101 cm³/mol. The number of carbonyl (C=O) groups excluding carboxylic acids is 2. The van der Waals surface area contributed by atoms with Crippen molar-refractivity contribution in [3.63, 3.8) is 0 Å². The number of nitrogens with two attached hydrogens (primary N) is 1. The van der Waals surface area contributed by atoms with E-state index in [9.17, 15) is 9.59 Å². The zero-order valence-electron chi connectivity index (χ0n) is 14.7. The standard InChI is InChI=1S/C18H29N3O2.ClH/c1-21(2)18(23)16-9-7-8-15(14-16)11-13-20-17(22)10-5-3-4-6-12-19;/h7-9,14H,3-6,10-13,19H2,1-2H3,(H,20,22);1H. The molecule has 0 aromatic heterocycles. The van der Waals surface area contributed by atoms with Crippen LogP contribution in [0.25, 0.3) is 0 Å². The molecule has 3 N–H and O–H groups in total. The number of amides is 2. The van der Waals surface area contributed by atoms with Gasteiger partial charge < -0.3 is 16.0 Å². The average Bonchev–Trinajstić information content (AvgIpc) is 2.54. The van der Waals surface area contributed by atoms with E-state index < -0.39 is 0 Å². The lowest BCUT2D eigenvalue weighted by Gasteiger charge is -2.11. The molecule has 0 unspecified atom stereocenters. The molecule has 2 amide bonds. The number of nitrogens with zero attached hydrogens (tertiary/aromatic N) is 1. The van der Waals surface area contributed by atoms with Gasteiger partial charge in [-0.05, 0) is 43.5 Å². The molecule has 0 aliphatic carbocycles. The van der Waals surface area contributed by atoms with E-state index in [1.807, 2.05) is 24.3 Å². The molecule has 6 heteroatoms. The zero-order chi connectivity index (χ0) is 17.1. The summed E-state index contributed by atoms with van der Waals surface area (Å²) < 4.78 is 0. The third kappa shape index (κ3) is 8.89. The summed E-state index contributed by atoms with van der Waals surface area (Å²) in [4.78, 5) is 25.2. The number of halogens is 1. The van der Waals surface area contributed by atoms with Gasteiger partial charge in [-0.3, -0.25) is 9.59 Å². The van der Waals surface area contributed by atoms with Crippen LogP contribution in [0.1, 0.15) is 48.0 Å². The minimum Gasteiger partial charge on any atom is -0.356 e. The molecule has 0 atom stereocenters. The van der Waals surface area contributed by atoms with Gasteiger partial charge >= 0.3 is 0 Å². The van der Waals surface area contributed by atoms with E-state index in [4.69, 9.17) is 5.73 Å². The van der Waals surface area contributed by atoms with Crippen LogP contribution < -0.4 is 11.1 Å². The quantitative estimate of drug-likeness (QED) is 0.633. The molecule has 0 radical (unpaired) electrons. The fraction of sp³-hybridized carbons (Fsp3) is 0.556. The molecule has 0 spiro atoms. The second-order valence-electron chi connectivity index (χ2n) is 5.95. The maximum absolute atomic E-state index is 11.9. The Kier molecular flexibility index (Phi) is 11.9. The van der Waals surface area contributed by atoms with Gasteiger partial charge in [-0.2, -0.15) is 0 Å². The van der Waals surface area contributed by atoms with E-state index in [1.54, 1.807) is 19.0 Å². The second kappa shape index (κ2) is 12.8. The number of nitrogens with one attached hydrogen (secondary N) is 1. The number of benzene rings is 1. The Morgan fingerprint density at radius 2 is 1.83 bits per heavy atom. The fourth-order valence-electron chi connectivity index (χ4n) is 2.34. The first-order valence-electron chi connectivity index (χ1n) is 8.32. The summed E-state index contributed by atoms with van der Waals surface area (Å²) in [6.07, 6.45) is 5.40. The normalized spacial score (nSPS) is 9.96. The summed E-state index contributed by atoms with van der Waals surface area (Å²) >= 11 is 0. The summed E-state index contributed by atoms with van der Waals surface area (Å²) in [6.45, 7) is 1.32. The Hall–Kier alpha value is -1.59. The van der Waals surface area contributed by atoms with Crippen molar-refractivity contribution in [2.75, 3.05) is 27.2 Å². The third-order valence-corrected chi connectivity index (χ3v) is 3.67. The SMILES string of the molecule is CN(C)C(=O)c1cccc(CCNC(=O)CCCCCCN)c1.Cl. The van der Waals surface area contributed by atoms with E-state index in [2.05, 4.69) is 5.32 Å². The van der Waals surface area contributed by atoms with Gasteiger partial charge in [0, 0.05) is 32.6 Å². The predicted octanol–water partition coefficient (Wildman–Crippen LogP) is 2.38. The smallest absolute Gasteiger partial charge is 0.253 e. The van der Waals surface area contributed by atoms with Gasteiger partial charge in [-0.25, -0.2) is 0 Å². The highest BCUT2D eigenvalue weighted by molar-refractivity contribution is 5.94. The molecule has 1 aromatic carbocycles. The Balaban J connectivity index is 0.00000529.